The average Bonchev–Trinajstić information content (AvgIpc) is 3.16. The summed E-state index contributed by atoms with van der Waals surface area (Å²) in [6, 6.07) is 0. The van der Waals surface area contributed by atoms with Crippen LogP contribution < -0.4 is 0 Å². The fraction of sp³-hybridized carbons (Fsp3) is 0.932. The van der Waals surface area contributed by atoms with Gasteiger partial charge in [0.1, 0.15) is 0 Å². The highest BCUT2D eigenvalue weighted by atomic mass is 16.8. The summed E-state index contributed by atoms with van der Waals surface area (Å²) in [6.07, 6.45) is 38.9. The zero-order chi connectivity index (χ0) is 36.9. The molecule has 1 N–H and O–H groups in total. The predicted molar refractivity (Wildman–Crippen MR) is 207 cm³/mol. The Morgan fingerprint density at radius 3 is 1.20 bits per heavy atom. The highest BCUT2D eigenvalue weighted by Crippen LogP contribution is 2.40. The van der Waals surface area contributed by atoms with Gasteiger partial charge in [-0.25, -0.2) is 4.79 Å². The van der Waals surface area contributed by atoms with Gasteiger partial charge in [-0.2, -0.15) is 0 Å². The summed E-state index contributed by atoms with van der Waals surface area (Å²) >= 11 is 0. The van der Waals surface area contributed by atoms with Crippen LogP contribution >= 0.6 is 0 Å². The number of carbonyl (C=O) groups excluding carboxylic acids is 3. The molecular formula is C44H80O7. The normalized spacial score (nSPS) is 21.9. The molecule has 298 valence electrons. The van der Waals surface area contributed by atoms with Crippen molar-refractivity contribution < 1.29 is 33.7 Å². The van der Waals surface area contributed by atoms with E-state index < -0.39 is 48.2 Å². The fourth-order valence-corrected chi connectivity index (χ4v) is 7.95. The van der Waals surface area contributed by atoms with Gasteiger partial charge in [-0.1, -0.05) is 206 Å². The molecule has 0 saturated carbocycles. The Morgan fingerprint density at radius 1 is 0.471 bits per heavy atom. The topological polar surface area (TPSA) is 99.1 Å². The summed E-state index contributed by atoms with van der Waals surface area (Å²) in [5, 5.41) is 10.9. The molecule has 2 bridgehead atoms. The van der Waals surface area contributed by atoms with Crippen molar-refractivity contribution in [2.75, 3.05) is 0 Å². The number of rotatable bonds is 34. The van der Waals surface area contributed by atoms with Crippen LogP contribution in [-0.4, -0.2) is 40.5 Å². The standard InChI is InChI=1S/C44H80O7/c1-3-5-7-9-11-13-15-17-19-20-21-22-23-25-27-29-31-33-35-39-44(50-41(46)38-43(48,42(47)51-44)37-40(45)49-39)36-34-32-30-28-26-24-18-16-14-12-10-8-6-4-2/h39,48H,3-38H2,1-2H3. The van der Waals surface area contributed by atoms with Crippen molar-refractivity contribution >= 4 is 17.9 Å². The van der Waals surface area contributed by atoms with Gasteiger partial charge in [-0.3, -0.25) is 9.59 Å². The molecule has 3 atom stereocenters. The first-order valence-electron chi connectivity index (χ1n) is 22.2. The molecular weight excluding hydrogens is 640 g/mol. The van der Waals surface area contributed by atoms with E-state index in [4.69, 9.17) is 14.2 Å². The minimum atomic E-state index is -2.23. The SMILES string of the molecule is CCCCCCCCCCCCCCCCCCCCC1OC(=O)CC2(O)CC(=O)OC1(CCCCCCCCCCCCCCCC)OC2=O. The minimum Gasteiger partial charge on any atom is -0.454 e. The molecule has 0 aromatic carbocycles. The van der Waals surface area contributed by atoms with Crippen molar-refractivity contribution in [3.8, 4) is 0 Å². The van der Waals surface area contributed by atoms with Gasteiger partial charge in [0.15, 0.2) is 11.7 Å². The molecule has 7 heteroatoms. The maximum Gasteiger partial charge on any atom is 0.342 e. The number of unbranched alkanes of at least 4 members (excludes halogenated alkanes) is 30. The number of fused-ring (bicyclic) bond motifs is 3. The molecule has 2 rings (SSSR count). The molecule has 0 aromatic rings. The van der Waals surface area contributed by atoms with Crippen molar-refractivity contribution in [3.05, 3.63) is 0 Å². The summed E-state index contributed by atoms with van der Waals surface area (Å²) in [6.45, 7) is 4.53. The largest absolute Gasteiger partial charge is 0.454 e. The van der Waals surface area contributed by atoms with Crippen LogP contribution in [0.25, 0.3) is 0 Å². The molecule has 51 heavy (non-hydrogen) atoms. The van der Waals surface area contributed by atoms with Gasteiger partial charge in [0.05, 0.1) is 12.8 Å². The van der Waals surface area contributed by atoms with Crippen molar-refractivity contribution in [2.45, 2.75) is 262 Å². The second-order valence-corrected chi connectivity index (χ2v) is 16.2. The lowest BCUT2D eigenvalue weighted by Gasteiger charge is -2.39. The van der Waals surface area contributed by atoms with Crippen molar-refractivity contribution in [3.63, 3.8) is 0 Å². The van der Waals surface area contributed by atoms with Gasteiger partial charge in [0, 0.05) is 6.42 Å². The molecule has 2 heterocycles. The highest BCUT2D eigenvalue weighted by molar-refractivity contribution is 5.92. The average molecular weight is 721 g/mol. The summed E-state index contributed by atoms with van der Waals surface area (Å²) in [5.74, 6) is -4.00. The lowest BCUT2D eigenvalue weighted by Crippen LogP contribution is -2.55. The van der Waals surface area contributed by atoms with Crippen LogP contribution in [-0.2, 0) is 28.6 Å². The van der Waals surface area contributed by atoms with Gasteiger partial charge >= 0.3 is 17.9 Å². The van der Waals surface area contributed by atoms with Crippen LogP contribution in [0.2, 0.25) is 0 Å². The van der Waals surface area contributed by atoms with Gasteiger partial charge in [-0.15, -0.1) is 0 Å². The first kappa shape index (κ1) is 45.5. The first-order valence-corrected chi connectivity index (χ1v) is 22.2. The van der Waals surface area contributed by atoms with Crippen molar-refractivity contribution in [1.82, 2.24) is 0 Å². The van der Waals surface area contributed by atoms with Gasteiger partial charge < -0.3 is 19.3 Å². The molecule has 2 aliphatic rings. The summed E-state index contributed by atoms with van der Waals surface area (Å²) in [5.41, 5.74) is -2.23. The molecule has 0 radical (unpaired) electrons. The number of aliphatic hydroxyl groups is 1. The molecule has 3 unspecified atom stereocenters. The van der Waals surface area contributed by atoms with Crippen LogP contribution in [0, 0.1) is 0 Å². The number of esters is 3. The summed E-state index contributed by atoms with van der Waals surface area (Å²) in [7, 11) is 0. The number of hydrogen-bond acceptors (Lipinski definition) is 7. The third-order valence-electron chi connectivity index (χ3n) is 11.3. The Kier molecular flexibility index (Phi) is 25.7. The lowest BCUT2D eigenvalue weighted by molar-refractivity contribution is -0.273. The van der Waals surface area contributed by atoms with Gasteiger partial charge in [-0.05, 0) is 19.3 Å². The Hall–Kier alpha value is -1.63. The van der Waals surface area contributed by atoms with E-state index in [0.717, 1.165) is 38.5 Å². The van der Waals surface area contributed by atoms with Crippen molar-refractivity contribution in [1.29, 1.82) is 0 Å². The highest BCUT2D eigenvalue weighted by Gasteiger charge is 2.58. The molecule has 0 spiro atoms. The van der Waals surface area contributed by atoms with E-state index in [1.165, 1.54) is 161 Å². The van der Waals surface area contributed by atoms with E-state index in [1.807, 2.05) is 0 Å². The molecule has 7 nitrogen and oxygen atoms in total. The van der Waals surface area contributed by atoms with E-state index in [-0.39, 0.29) is 6.42 Å². The second kappa shape index (κ2) is 28.8. The van der Waals surface area contributed by atoms with E-state index in [1.54, 1.807) is 0 Å². The maximum absolute atomic E-state index is 13.1. The maximum atomic E-state index is 13.1. The Labute approximate surface area is 313 Å². The molecule has 2 saturated heterocycles. The third kappa shape index (κ3) is 20.4. The molecule has 2 fully saturated rings. The Balaban J connectivity index is 1.65. The number of ether oxygens (including phenoxy) is 3. The van der Waals surface area contributed by atoms with Crippen LogP contribution in [0.4, 0.5) is 0 Å². The lowest BCUT2D eigenvalue weighted by atomic mass is 9.93. The molecule has 0 aliphatic carbocycles. The number of carbonyl (C=O) groups is 3. The molecule has 0 amide bonds. The third-order valence-corrected chi connectivity index (χ3v) is 11.3. The van der Waals surface area contributed by atoms with E-state index >= 15 is 0 Å². The summed E-state index contributed by atoms with van der Waals surface area (Å²) in [4.78, 5) is 38.8. The number of hydrogen-bond donors (Lipinski definition) is 1. The zero-order valence-corrected chi connectivity index (χ0v) is 33.4. The van der Waals surface area contributed by atoms with Crippen LogP contribution in [0.1, 0.15) is 245 Å². The molecule has 2 aliphatic heterocycles. The van der Waals surface area contributed by atoms with Crippen molar-refractivity contribution in [2.24, 2.45) is 0 Å². The minimum absolute atomic E-state index is 0.273. The first-order chi connectivity index (χ1) is 24.8. The van der Waals surface area contributed by atoms with Crippen LogP contribution in [0.15, 0.2) is 0 Å². The predicted octanol–water partition coefficient (Wildman–Crippen LogP) is 12.5. The fourth-order valence-electron chi connectivity index (χ4n) is 7.95. The molecule has 0 aromatic heterocycles. The van der Waals surface area contributed by atoms with E-state index in [2.05, 4.69) is 13.8 Å². The zero-order valence-electron chi connectivity index (χ0n) is 33.4. The van der Waals surface area contributed by atoms with E-state index in [0.29, 0.717) is 12.8 Å². The number of cyclic esters (lactones) is 1. The second-order valence-electron chi connectivity index (χ2n) is 16.2. The summed E-state index contributed by atoms with van der Waals surface area (Å²) < 4.78 is 17.5. The Morgan fingerprint density at radius 2 is 0.804 bits per heavy atom. The van der Waals surface area contributed by atoms with Gasteiger partial charge in [0.25, 0.3) is 5.79 Å². The van der Waals surface area contributed by atoms with Crippen LogP contribution in [0.3, 0.4) is 0 Å². The van der Waals surface area contributed by atoms with E-state index in [9.17, 15) is 19.5 Å². The quantitative estimate of drug-likeness (QED) is 0.0522. The van der Waals surface area contributed by atoms with Crippen LogP contribution in [0.5, 0.6) is 0 Å². The smallest absolute Gasteiger partial charge is 0.342 e. The monoisotopic (exact) mass is 721 g/mol. The van der Waals surface area contributed by atoms with Gasteiger partial charge in [0.2, 0.25) is 0 Å². The Bertz CT molecular complexity index is 906.